The largest absolute Gasteiger partial charge is 0.287 e. The molecule has 0 saturated carbocycles. The first-order valence-corrected chi connectivity index (χ1v) is 5.96. The Kier molecular flexibility index (Phi) is 3.96. The van der Waals surface area contributed by atoms with Gasteiger partial charge in [0.25, 0.3) is 0 Å². The summed E-state index contributed by atoms with van der Waals surface area (Å²) in [7, 11) is 2.27. The Bertz CT molecular complexity index is 179. The molecule has 0 N–H and O–H groups in total. The Labute approximate surface area is 89.3 Å². The van der Waals surface area contributed by atoms with Crippen LogP contribution in [0.2, 0.25) is 0 Å². The van der Waals surface area contributed by atoms with Gasteiger partial charge in [-0.25, -0.2) is 0 Å². The van der Waals surface area contributed by atoms with E-state index in [-0.39, 0.29) is 0 Å². The molecule has 1 saturated heterocycles. The molecule has 84 valence electrons. The van der Waals surface area contributed by atoms with Crippen molar-refractivity contribution in [3.63, 3.8) is 0 Å². The Morgan fingerprint density at radius 1 is 1.29 bits per heavy atom. The Morgan fingerprint density at radius 3 is 2.29 bits per heavy atom. The van der Waals surface area contributed by atoms with Crippen molar-refractivity contribution in [2.24, 2.45) is 5.92 Å². The zero-order chi connectivity index (χ0) is 10.9. The van der Waals surface area contributed by atoms with E-state index in [0.717, 1.165) is 5.92 Å². The van der Waals surface area contributed by atoms with Gasteiger partial charge < -0.3 is 0 Å². The molecule has 1 aliphatic heterocycles. The molecule has 0 aromatic carbocycles. The lowest BCUT2D eigenvalue weighted by molar-refractivity contribution is 0.0730. The third kappa shape index (κ3) is 2.12. The second-order valence-corrected chi connectivity index (χ2v) is 5.10. The third-order valence-corrected chi connectivity index (χ3v) is 3.74. The minimum atomic E-state index is 0.648. The molecule has 0 amide bonds. The number of likely N-dealkylation sites (N-methyl/N-ethyl adjacent to an activating group) is 1. The zero-order valence-corrected chi connectivity index (χ0v) is 10.6. The molecule has 0 spiro atoms. The lowest BCUT2D eigenvalue weighted by atomic mass is 10.0. The highest BCUT2D eigenvalue weighted by Crippen LogP contribution is 2.27. The average molecular weight is 198 g/mol. The first-order valence-electron chi connectivity index (χ1n) is 5.96. The predicted molar refractivity (Wildman–Crippen MR) is 62.3 cm³/mol. The van der Waals surface area contributed by atoms with Gasteiger partial charge >= 0.3 is 0 Å². The van der Waals surface area contributed by atoms with Crippen molar-refractivity contribution in [2.75, 3.05) is 13.6 Å². The SMILES string of the molecule is CCC(C)C1N(C)C(C)CN1C(C)C. The molecule has 1 rings (SSSR count). The second kappa shape index (κ2) is 4.63. The maximum atomic E-state index is 2.64. The summed E-state index contributed by atoms with van der Waals surface area (Å²) in [6.45, 7) is 12.8. The van der Waals surface area contributed by atoms with Crippen LogP contribution in [0, 0.1) is 5.92 Å². The predicted octanol–water partition coefficient (Wildman–Crippen LogP) is 2.40. The molecule has 3 atom stereocenters. The Hall–Kier alpha value is -0.0800. The van der Waals surface area contributed by atoms with Crippen LogP contribution in [0.1, 0.15) is 41.0 Å². The number of nitrogens with zero attached hydrogens (tertiary/aromatic N) is 2. The molecule has 2 heteroatoms. The number of rotatable bonds is 3. The van der Waals surface area contributed by atoms with Crippen molar-refractivity contribution in [1.82, 2.24) is 9.80 Å². The van der Waals surface area contributed by atoms with Crippen LogP contribution >= 0.6 is 0 Å². The van der Waals surface area contributed by atoms with Gasteiger partial charge in [-0.1, -0.05) is 20.3 Å². The van der Waals surface area contributed by atoms with Crippen molar-refractivity contribution >= 4 is 0 Å². The minimum absolute atomic E-state index is 0.648. The van der Waals surface area contributed by atoms with Crippen molar-refractivity contribution in [3.05, 3.63) is 0 Å². The lowest BCUT2D eigenvalue weighted by Gasteiger charge is -2.35. The van der Waals surface area contributed by atoms with Crippen LogP contribution in [0.4, 0.5) is 0 Å². The van der Waals surface area contributed by atoms with Crippen molar-refractivity contribution in [2.45, 2.75) is 59.3 Å². The average Bonchev–Trinajstić information content (AvgIpc) is 2.43. The monoisotopic (exact) mass is 198 g/mol. The molecule has 0 aromatic rings. The van der Waals surface area contributed by atoms with Gasteiger partial charge in [-0.15, -0.1) is 0 Å². The van der Waals surface area contributed by atoms with Crippen LogP contribution in [0.3, 0.4) is 0 Å². The highest BCUT2D eigenvalue weighted by molar-refractivity contribution is 4.89. The molecule has 0 bridgehead atoms. The fourth-order valence-corrected chi connectivity index (χ4v) is 2.49. The van der Waals surface area contributed by atoms with Gasteiger partial charge in [-0.05, 0) is 33.7 Å². The van der Waals surface area contributed by atoms with Gasteiger partial charge in [0.1, 0.15) is 0 Å². The first-order chi connectivity index (χ1) is 6.49. The molecule has 2 nitrogen and oxygen atoms in total. The molecule has 14 heavy (non-hydrogen) atoms. The summed E-state index contributed by atoms with van der Waals surface area (Å²) in [5.74, 6) is 0.771. The van der Waals surface area contributed by atoms with Gasteiger partial charge in [0.15, 0.2) is 0 Å². The standard InChI is InChI=1S/C12H26N2/c1-7-10(4)12-13(6)11(5)8-14(12)9(2)3/h9-12H,7-8H2,1-6H3. The molecular formula is C12H26N2. The number of hydrogen-bond acceptors (Lipinski definition) is 2. The summed E-state index contributed by atoms with van der Waals surface area (Å²) in [4.78, 5) is 5.17. The quantitative estimate of drug-likeness (QED) is 0.687. The van der Waals surface area contributed by atoms with E-state index in [4.69, 9.17) is 0 Å². The van der Waals surface area contributed by atoms with Gasteiger partial charge in [0.2, 0.25) is 0 Å². The van der Waals surface area contributed by atoms with E-state index in [9.17, 15) is 0 Å². The summed E-state index contributed by atoms with van der Waals surface area (Å²) in [6.07, 6.45) is 1.92. The maximum absolute atomic E-state index is 2.64. The van der Waals surface area contributed by atoms with E-state index in [2.05, 4.69) is 51.5 Å². The molecule has 1 aliphatic rings. The molecule has 3 unspecified atom stereocenters. The summed E-state index contributed by atoms with van der Waals surface area (Å²) in [6, 6.07) is 1.37. The van der Waals surface area contributed by atoms with Crippen molar-refractivity contribution < 1.29 is 0 Å². The van der Waals surface area contributed by atoms with Gasteiger partial charge in [0.05, 0.1) is 6.17 Å². The van der Waals surface area contributed by atoms with Crippen molar-refractivity contribution in [1.29, 1.82) is 0 Å². The molecule has 0 aromatic heterocycles. The molecule has 0 radical (unpaired) electrons. The summed E-state index contributed by atoms with van der Waals surface area (Å²) in [5, 5.41) is 0. The molecular weight excluding hydrogens is 172 g/mol. The van der Waals surface area contributed by atoms with E-state index in [1.807, 2.05) is 0 Å². The summed E-state index contributed by atoms with van der Waals surface area (Å²) in [5.41, 5.74) is 0. The number of hydrogen-bond donors (Lipinski definition) is 0. The molecule has 1 heterocycles. The topological polar surface area (TPSA) is 6.48 Å². The highest BCUT2D eigenvalue weighted by Gasteiger charge is 2.38. The second-order valence-electron chi connectivity index (χ2n) is 5.10. The van der Waals surface area contributed by atoms with E-state index >= 15 is 0 Å². The van der Waals surface area contributed by atoms with Gasteiger partial charge in [-0.2, -0.15) is 0 Å². The van der Waals surface area contributed by atoms with Crippen LogP contribution in [0.5, 0.6) is 0 Å². The lowest BCUT2D eigenvalue weighted by Crippen LogP contribution is -2.45. The minimum Gasteiger partial charge on any atom is -0.287 e. The van der Waals surface area contributed by atoms with Crippen LogP contribution in [0.15, 0.2) is 0 Å². The zero-order valence-electron chi connectivity index (χ0n) is 10.6. The molecule has 0 aliphatic carbocycles. The summed E-state index contributed by atoms with van der Waals surface area (Å²) < 4.78 is 0. The highest BCUT2D eigenvalue weighted by atomic mass is 15.4. The van der Waals surface area contributed by atoms with Gasteiger partial charge in [0, 0.05) is 18.6 Å². The van der Waals surface area contributed by atoms with E-state index in [1.165, 1.54) is 13.0 Å². The maximum Gasteiger partial charge on any atom is 0.0651 e. The Morgan fingerprint density at radius 2 is 1.86 bits per heavy atom. The van der Waals surface area contributed by atoms with Crippen LogP contribution < -0.4 is 0 Å². The van der Waals surface area contributed by atoms with Crippen LogP contribution in [-0.4, -0.2) is 41.6 Å². The van der Waals surface area contributed by atoms with Crippen LogP contribution in [0.25, 0.3) is 0 Å². The van der Waals surface area contributed by atoms with E-state index in [1.54, 1.807) is 0 Å². The normalized spacial score (nSPS) is 32.8. The Balaban J connectivity index is 2.75. The fraction of sp³-hybridized carbons (Fsp3) is 1.00. The fourth-order valence-electron chi connectivity index (χ4n) is 2.49. The van der Waals surface area contributed by atoms with Crippen molar-refractivity contribution in [3.8, 4) is 0 Å². The smallest absolute Gasteiger partial charge is 0.0651 e. The third-order valence-electron chi connectivity index (χ3n) is 3.74. The van der Waals surface area contributed by atoms with Gasteiger partial charge in [-0.3, -0.25) is 9.80 Å². The first kappa shape index (κ1) is 12.0. The van der Waals surface area contributed by atoms with Crippen LogP contribution in [-0.2, 0) is 0 Å². The molecule has 1 fully saturated rings. The van der Waals surface area contributed by atoms with E-state index < -0.39 is 0 Å². The van der Waals surface area contributed by atoms with E-state index in [0.29, 0.717) is 18.2 Å². The summed E-state index contributed by atoms with van der Waals surface area (Å²) >= 11 is 0.